The third-order valence-corrected chi connectivity index (χ3v) is 15.8. The van der Waals surface area contributed by atoms with Crippen molar-refractivity contribution in [3.8, 4) is 0 Å². The monoisotopic (exact) mass is 1080 g/mol. The summed E-state index contributed by atoms with van der Waals surface area (Å²) in [6.45, 7) is 4.87. The van der Waals surface area contributed by atoms with Crippen LogP contribution in [-0.4, -0.2) is 47.4 Å². The Morgan fingerprint density at radius 2 is 0.649 bits per heavy atom. The van der Waals surface area contributed by atoms with Gasteiger partial charge in [-0.2, -0.15) is 0 Å². The van der Waals surface area contributed by atoms with Crippen LogP contribution >= 0.6 is 0 Å². The summed E-state index contributed by atoms with van der Waals surface area (Å²) in [5.41, 5.74) is 0. The maximum Gasteiger partial charge on any atom is 0.305 e. The largest absolute Gasteiger partial charge is 0.466 e. The van der Waals surface area contributed by atoms with Crippen molar-refractivity contribution in [2.75, 3.05) is 13.2 Å². The number of nitrogens with one attached hydrogen (secondary N) is 1. The molecule has 0 radical (unpaired) electrons. The molecule has 0 heterocycles. The zero-order valence-corrected chi connectivity index (χ0v) is 51.7. The molecule has 0 fully saturated rings. The second-order valence-electron chi connectivity index (χ2n) is 23.5. The van der Waals surface area contributed by atoms with Crippen molar-refractivity contribution in [1.82, 2.24) is 5.32 Å². The van der Waals surface area contributed by atoms with E-state index in [0.717, 1.165) is 51.4 Å². The summed E-state index contributed by atoms with van der Waals surface area (Å²) in [5, 5.41) is 23.0. The molecule has 452 valence electrons. The average molecular weight is 1080 g/mol. The van der Waals surface area contributed by atoms with E-state index in [0.29, 0.717) is 19.4 Å². The SMILES string of the molecule is CCCCC/C=C\CCCCCCCC(=O)OCCCCCCCCCCCCCCCCC/C=C\C/C=C\CCCCCCCCCCCCCCCCCCCC(=O)NC(CO)C(O)/C=C/CCCCCCCCC. The summed E-state index contributed by atoms with van der Waals surface area (Å²) in [7, 11) is 0. The number of esters is 1. The molecule has 0 aliphatic heterocycles. The fourth-order valence-corrected chi connectivity index (χ4v) is 10.5. The normalized spacial score (nSPS) is 12.8. The maximum absolute atomic E-state index is 12.4. The lowest BCUT2D eigenvalue weighted by Crippen LogP contribution is -2.45. The number of unbranched alkanes of at least 4 members (excludes halogenated alkanes) is 47. The average Bonchev–Trinajstić information content (AvgIpc) is 3.43. The fraction of sp³-hybridized carbons (Fsp3) is 0.859. The Labute approximate surface area is 480 Å². The van der Waals surface area contributed by atoms with Crippen molar-refractivity contribution in [2.45, 2.75) is 379 Å². The van der Waals surface area contributed by atoms with E-state index >= 15 is 0 Å². The number of carbonyl (C=O) groups excluding carboxylic acids is 2. The van der Waals surface area contributed by atoms with Crippen molar-refractivity contribution in [3.63, 3.8) is 0 Å². The zero-order chi connectivity index (χ0) is 55.7. The predicted octanol–water partition coefficient (Wildman–Crippen LogP) is 22.1. The van der Waals surface area contributed by atoms with Crippen molar-refractivity contribution >= 4 is 11.9 Å². The second-order valence-corrected chi connectivity index (χ2v) is 23.5. The van der Waals surface area contributed by atoms with Gasteiger partial charge in [0.2, 0.25) is 5.91 Å². The highest BCUT2D eigenvalue weighted by Crippen LogP contribution is 2.18. The molecule has 0 aliphatic rings. The highest BCUT2D eigenvalue weighted by Gasteiger charge is 2.18. The Hall–Kier alpha value is -2.18. The number of aliphatic hydroxyl groups excluding tert-OH is 2. The minimum absolute atomic E-state index is 0.00980. The highest BCUT2D eigenvalue weighted by atomic mass is 16.5. The predicted molar refractivity (Wildman–Crippen MR) is 338 cm³/mol. The number of hydrogen-bond acceptors (Lipinski definition) is 5. The molecule has 0 bridgehead atoms. The van der Waals surface area contributed by atoms with Crippen molar-refractivity contribution in [1.29, 1.82) is 0 Å². The van der Waals surface area contributed by atoms with Crippen LogP contribution in [0, 0.1) is 0 Å². The molecule has 0 saturated carbocycles. The topological polar surface area (TPSA) is 95.9 Å². The highest BCUT2D eigenvalue weighted by molar-refractivity contribution is 5.76. The van der Waals surface area contributed by atoms with Crippen molar-refractivity contribution < 1.29 is 24.5 Å². The molecular formula is C71H133NO5. The van der Waals surface area contributed by atoms with Crippen LogP contribution in [-0.2, 0) is 14.3 Å². The van der Waals surface area contributed by atoms with Crippen molar-refractivity contribution in [2.24, 2.45) is 0 Å². The summed E-state index contributed by atoms with van der Waals surface area (Å²) >= 11 is 0. The Morgan fingerprint density at radius 1 is 0.364 bits per heavy atom. The molecule has 2 unspecified atom stereocenters. The number of rotatable bonds is 64. The third kappa shape index (κ3) is 62.9. The molecule has 0 aromatic heterocycles. The number of amides is 1. The van der Waals surface area contributed by atoms with E-state index in [2.05, 4.69) is 55.6 Å². The van der Waals surface area contributed by atoms with Gasteiger partial charge in [0.05, 0.1) is 25.4 Å². The molecular weight excluding hydrogens is 947 g/mol. The first-order valence-electron chi connectivity index (χ1n) is 34.4. The number of ether oxygens (including phenoxy) is 1. The summed E-state index contributed by atoms with van der Waals surface area (Å²) < 4.78 is 5.47. The van der Waals surface area contributed by atoms with Gasteiger partial charge in [-0.3, -0.25) is 9.59 Å². The van der Waals surface area contributed by atoms with Crippen LogP contribution in [0.1, 0.15) is 367 Å². The molecule has 3 N–H and O–H groups in total. The lowest BCUT2D eigenvalue weighted by Gasteiger charge is -2.20. The van der Waals surface area contributed by atoms with E-state index in [4.69, 9.17) is 4.74 Å². The number of carbonyl (C=O) groups is 2. The van der Waals surface area contributed by atoms with Gasteiger partial charge in [0.25, 0.3) is 0 Å². The number of aliphatic hydroxyl groups is 2. The molecule has 0 saturated heterocycles. The van der Waals surface area contributed by atoms with Gasteiger partial charge in [0, 0.05) is 12.8 Å². The fourth-order valence-electron chi connectivity index (χ4n) is 10.5. The van der Waals surface area contributed by atoms with Crippen LogP contribution in [0.5, 0.6) is 0 Å². The molecule has 1 amide bonds. The number of allylic oxidation sites excluding steroid dienone is 7. The van der Waals surface area contributed by atoms with E-state index in [1.807, 2.05) is 6.08 Å². The lowest BCUT2D eigenvalue weighted by atomic mass is 10.0. The van der Waals surface area contributed by atoms with Crippen LogP contribution < -0.4 is 5.32 Å². The van der Waals surface area contributed by atoms with Crippen LogP contribution in [0.4, 0.5) is 0 Å². The Kier molecular flexibility index (Phi) is 64.5. The molecule has 0 aliphatic carbocycles. The van der Waals surface area contributed by atoms with Gasteiger partial charge in [0.15, 0.2) is 0 Å². The van der Waals surface area contributed by atoms with Gasteiger partial charge in [0.1, 0.15) is 0 Å². The van der Waals surface area contributed by atoms with Crippen LogP contribution in [0.3, 0.4) is 0 Å². The Balaban J connectivity index is 3.34. The first-order valence-corrected chi connectivity index (χ1v) is 34.4. The molecule has 6 heteroatoms. The van der Waals surface area contributed by atoms with E-state index < -0.39 is 12.1 Å². The summed E-state index contributed by atoms with van der Waals surface area (Å²) in [6.07, 6.45) is 86.5. The molecule has 0 spiro atoms. The van der Waals surface area contributed by atoms with Crippen LogP contribution in [0.2, 0.25) is 0 Å². The standard InChI is InChI=1S/C71H133NO5/c1-3-5-7-9-11-13-14-45-49-53-57-61-65-71(76)77-66-62-58-54-50-46-43-41-39-37-35-33-31-29-27-25-23-21-19-17-15-16-18-20-22-24-26-28-30-32-34-36-38-40-42-44-48-52-56-60-64-70(75)72-68(67-73)69(74)63-59-55-51-47-12-10-8-6-4-2/h11,13,15-16,19,21,59,63,68-69,73-74H,3-10,12,14,17-18,20,22-58,60-62,64-67H2,1-2H3,(H,72,75)/b13-11-,16-15-,21-19-,63-59+. The third-order valence-electron chi connectivity index (χ3n) is 15.8. The minimum atomic E-state index is -0.840. The van der Waals surface area contributed by atoms with E-state index in [-0.39, 0.29) is 18.5 Å². The van der Waals surface area contributed by atoms with Gasteiger partial charge in [-0.25, -0.2) is 0 Å². The zero-order valence-electron chi connectivity index (χ0n) is 51.7. The van der Waals surface area contributed by atoms with Gasteiger partial charge in [-0.1, -0.05) is 313 Å². The van der Waals surface area contributed by atoms with Gasteiger partial charge in [-0.15, -0.1) is 0 Å². The van der Waals surface area contributed by atoms with Crippen molar-refractivity contribution in [3.05, 3.63) is 48.6 Å². The summed E-state index contributed by atoms with van der Waals surface area (Å²) in [6, 6.07) is -0.623. The molecule has 0 rings (SSSR count). The molecule has 0 aromatic carbocycles. The van der Waals surface area contributed by atoms with E-state index in [9.17, 15) is 19.8 Å². The smallest absolute Gasteiger partial charge is 0.305 e. The number of hydrogen-bond donors (Lipinski definition) is 3. The molecule has 2 atom stereocenters. The van der Waals surface area contributed by atoms with E-state index in [1.54, 1.807) is 6.08 Å². The van der Waals surface area contributed by atoms with Gasteiger partial charge < -0.3 is 20.3 Å². The molecule has 0 aromatic rings. The first kappa shape index (κ1) is 74.8. The van der Waals surface area contributed by atoms with Gasteiger partial charge in [-0.05, 0) is 89.9 Å². The quantitative estimate of drug-likeness (QED) is 0.0320. The minimum Gasteiger partial charge on any atom is -0.466 e. The van der Waals surface area contributed by atoms with E-state index in [1.165, 1.54) is 289 Å². The first-order chi connectivity index (χ1) is 38.0. The maximum atomic E-state index is 12.4. The molecule has 6 nitrogen and oxygen atoms in total. The molecule has 77 heavy (non-hydrogen) atoms. The second kappa shape index (κ2) is 66.3. The lowest BCUT2D eigenvalue weighted by molar-refractivity contribution is -0.143. The Morgan fingerprint density at radius 3 is 1.03 bits per heavy atom. The van der Waals surface area contributed by atoms with Gasteiger partial charge >= 0.3 is 5.97 Å². The summed E-state index contributed by atoms with van der Waals surface area (Å²) in [4.78, 5) is 24.4. The van der Waals surface area contributed by atoms with Crippen LogP contribution in [0.15, 0.2) is 48.6 Å². The summed E-state index contributed by atoms with van der Waals surface area (Å²) in [5.74, 6) is -0.0571. The Bertz CT molecular complexity index is 1290. The van der Waals surface area contributed by atoms with Crippen LogP contribution in [0.25, 0.3) is 0 Å².